The van der Waals surface area contributed by atoms with Crippen LogP contribution in [0.5, 0.6) is 0 Å². The topological polar surface area (TPSA) is 74.7 Å². The first-order valence-corrected chi connectivity index (χ1v) is 9.07. The second-order valence-corrected chi connectivity index (χ2v) is 6.81. The fraction of sp³-hybridized carbons (Fsp3) is 0.316. The van der Waals surface area contributed by atoms with Gasteiger partial charge in [-0.05, 0) is 36.4 Å². The number of aromatic nitrogens is 1. The van der Waals surface area contributed by atoms with Gasteiger partial charge in [-0.25, -0.2) is 0 Å². The van der Waals surface area contributed by atoms with Crippen molar-refractivity contribution in [3.63, 3.8) is 0 Å². The van der Waals surface area contributed by atoms with Gasteiger partial charge in [-0.3, -0.25) is 14.4 Å². The van der Waals surface area contributed by atoms with Crippen LogP contribution in [0.4, 0.5) is 5.69 Å². The molecule has 0 saturated carbocycles. The molecule has 1 N–H and O–H groups in total. The molecular formula is C19H21ClN4O3. The van der Waals surface area contributed by atoms with Gasteiger partial charge in [0.25, 0.3) is 5.91 Å². The molecule has 1 aliphatic heterocycles. The maximum absolute atomic E-state index is 12.8. The lowest BCUT2D eigenvalue weighted by Crippen LogP contribution is -2.50. The molecule has 0 spiro atoms. The lowest BCUT2D eigenvalue weighted by molar-refractivity contribution is -0.130. The van der Waals surface area contributed by atoms with E-state index >= 15 is 0 Å². The molecular weight excluding hydrogens is 368 g/mol. The van der Waals surface area contributed by atoms with Crippen molar-refractivity contribution in [2.45, 2.75) is 13.5 Å². The molecule has 1 fully saturated rings. The van der Waals surface area contributed by atoms with Gasteiger partial charge in [-0.1, -0.05) is 11.6 Å². The summed E-state index contributed by atoms with van der Waals surface area (Å²) >= 11 is 5.84. The number of carbonyl (C=O) groups is 3. The molecule has 0 radical (unpaired) electrons. The van der Waals surface area contributed by atoms with Crippen LogP contribution >= 0.6 is 11.6 Å². The maximum Gasteiger partial charge on any atom is 0.270 e. The summed E-state index contributed by atoms with van der Waals surface area (Å²) < 4.78 is 1.63. The minimum Gasteiger partial charge on any atom is -0.339 e. The Kier molecular flexibility index (Phi) is 5.81. The number of rotatable bonds is 4. The lowest BCUT2D eigenvalue weighted by atomic mass is 10.2. The molecule has 1 aliphatic rings. The maximum atomic E-state index is 12.8. The number of nitrogens with zero attached hydrogens (tertiary/aromatic N) is 3. The molecule has 0 aliphatic carbocycles. The van der Waals surface area contributed by atoms with Crippen LogP contribution in [0.1, 0.15) is 17.4 Å². The zero-order valence-electron chi connectivity index (χ0n) is 15.0. The number of benzene rings is 1. The zero-order valence-corrected chi connectivity index (χ0v) is 15.8. The van der Waals surface area contributed by atoms with Crippen molar-refractivity contribution in [2.75, 3.05) is 31.5 Å². The van der Waals surface area contributed by atoms with Crippen molar-refractivity contribution < 1.29 is 14.4 Å². The highest BCUT2D eigenvalue weighted by Crippen LogP contribution is 2.14. The molecule has 2 aromatic rings. The molecule has 1 aromatic heterocycles. The third-order valence-electron chi connectivity index (χ3n) is 4.50. The molecule has 0 atom stereocenters. The fourth-order valence-electron chi connectivity index (χ4n) is 3.02. The van der Waals surface area contributed by atoms with Crippen LogP contribution < -0.4 is 5.32 Å². The molecule has 3 rings (SSSR count). The predicted molar refractivity (Wildman–Crippen MR) is 103 cm³/mol. The minimum atomic E-state index is -0.232. The molecule has 7 nitrogen and oxygen atoms in total. The van der Waals surface area contributed by atoms with Gasteiger partial charge in [-0.2, -0.15) is 0 Å². The standard InChI is InChI=1S/C19H21ClN4O3/c1-14(25)22-9-11-23(12-10-22)19(27)17-3-2-8-24(17)13-18(26)21-16-6-4-15(20)5-7-16/h2-8H,9-13H2,1H3,(H,21,26). The van der Waals surface area contributed by atoms with E-state index in [-0.39, 0.29) is 24.3 Å². The van der Waals surface area contributed by atoms with Gasteiger partial charge < -0.3 is 19.7 Å². The largest absolute Gasteiger partial charge is 0.339 e. The molecule has 0 bridgehead atoms. The molecule has 1 aromatic carbocycles. The van der Waals surface area contributed by atoms with Crippen LogP contribution in [0.3, 0.4) is 0 Å². The van der Waals surface area contributed by atoms with Crippen LogP contribution in [-0.4, -0.2) is 58.3 Å². The lowest BCUT2D eigenvalue weighted by Gasteiger charge is -2.34. The Labute approximate surface area is 162 Å². The summed E-state index contributed by atoms with van der Waals surface area (Å²) in [5.74, 6) is -0.351. The number of anilines is 1. The Morgan fingerprint density at radius 2 is 1.63 bits per heavy atom. The summed E-state index contributed by atoms with van der Waals surface area (Å²) in [4.78, 5) is 39.9. The van der Waals surface area contributed by atoms with Crippen LogP contribution in [0, 0.1) is 0 Å². The third-order valence-corrected chi connectivity index (χ3v) is 4.75. The number of carbonyl (C=O) groups excluding carboxylic acids is 3. The molecule has 27 heavy (non-hydrogen) atoms. The van der Waals surface area contributed by atoms with Crippen LogP contribution in [-0.2, 0) is 16.1 Å². The third kappa shape index (κ3) is 4.68. The van der Waals surface area contributed by atoms with E-state index in [1.807, 2.05) is 0 Å². The molecule has 0 unspecified atom stereocenters. The Bertz CT molecular complexity index is 839. The quantitative estimate of drug-likeness (QED) is 0.871. The first-order chi connectivity index (χ1) is 12.9. The van der Waals surface area contributed by atoms with Crippen LogP contribution in [0.25, 0.3) is 0 Å². The van der Waals surface area contributed by atoms with Gasteiger partial charge >= 0.3 is 0 Å². The summed E-state index contributed by atoms with van der Waals surface area (Å²) in [5, 5.41) is 3.38. The van der Waals surface area contributed by atoms with E-state index in [1.165, 1.54) is 6.92 Å². The number of amides is 3. The van der Waals surface area contributed by atoms with Crippen molar-refractivity contribution in [1.82, 2.24) is 14.4 Å². The summed E-state index contributed by atoms with van der Waals surface area (Å²) in [6, 6.07) is 10.3. The van der Waals surface area contributed by atoms with Gasteiger partial charge in [0.05, 0.1) is 0 Å². The van der Waals surface area contributed by atoms with E-state index < -0.39 is 0 Å². The van der Waals surface area contributed by atoms with E-state index in [2.05, 4.69) is 5.32 Å². The number of halogens is 1. The molecule has 1 saturated heterocycles. The Balaban J connectivity index is 1.61. The predicted octanol–water partition coefficient (Wildman–Crippen LogP) is 2.08. The molecule has 2 heterocycles. The molecule has 142 valence electrons. The Hall–Kier alpha value is -2.80. The van der Waals surface area contributed by atoms with Crippen molar-refractivity contribution in [2.24, 2.45) is 0 Å². The highest BCUT2D eigenvalue weighted by molar-refractivity contribution is 6.30. The Morgan fingerprint density at radius 1 is 1.00 bits per heavy atom. The van der Waals surface area contributed by atoms with Crippen molar-refractivity contribution in [1.29, 1.82) is 0 Å². The SMILES string of the molecule is CC(=O)N1CCN(C(=O)c2cccn2CC(=O)Nc2ccc(Cl)cc2)CC1. The Morgan fingerprint density at radius 3 is 2.26 bits per heavy atom. The molecule has 3 amide bonds. The van der Waals surface area contributed by atoms with Crippen LogP contribution in [0.2, 0.25) is 5.02 Å². The fourth-order valence-corrected chi connectivity index (χ4v) is 3.15. The van der Waals surface area contributed by atoms with E-state index in [0.29, 0.717) is 42.6 Å². The van der Waals surface area contributed by atoms with Gasteiger partial charge in [0, 0.05) is 50.0 Å². The van der Waals surface area contributed by atoms with Gasteiger partial charge in [0.2, 0.25) is 11.8 Å². The van der Waals surface area contributed by atoms with Gasteiger partial charge in [-0.15, -0.1) is 0 Å². The average Bonchev–Trinajstić information content (AvgIpc) is 3.11. The first-order valence-electron chi connectivity index (χ1n) is 8.69. The minimum absolute atomic E-state index is 0.0179. The first kappa shape index (κ1) is 19.0. The number of piperazine rings is 1. The summed E-state index contributed by atoms with van der Waals surface area (Å²) in [6.45, 7) is 3.59. The van der Waals surface area contributed by atoms with Gasteiger partial charge in [0.1, 0.15) is 12.2 Å². The van der Waals surface area contributed by atoms with Crippen molar-refractivity contribution in [3.8, 4) is 0 Å². The monoisotopic (exact) mass is 388 g/mol. The second kappa shape index (κ2) is 8.26. The van der Waals surface area contributed by atoms with Gasteiger partial charge in [0.15, 0.2) is 0 Å². The normalized spacial score (nSPS) is 14.1. The highest BCUT2D eigenvalue weighted by Gasteiger charge is 2.25. The number of nitrogens with one attached hydrogen (secondary N) is 1. The zero-order chi connectivity index (χ0) is 19.4. The van der Waals surface area contributed by atoms with E-state index in [1.54, 1.807) is 57.0 Å². The smallest absolute Gasteiger partial charge is 0.270 e. The van der Waals surface area contributed by atoms with Crippen LogP contribution in [0.15, 0.2) is 42.6 Å². The summed E-state index contributed by atoms with van der Waals surface area (Å²) in [7, 11) is 0. The van der Waals surface area contributed by atoms with Crippen molar-refractivity contribution >= 4 is 35.0 Å². The summed E-state index contributed by atoms with van der Waals surface area (Å²) in [6.07, 6.45) is 1.71. The number of hydrogen-bond donors (Lipinski definition) is 1. The van der Waals surface area contributed by atoms with E-state index in [9.17, 15) is 14.4 Å². The molecule has 8 heteroatoms. The summed E-state index contributed by atoms with van der Waals surface area (Å²) in [5.41, 5.74) is 1.10. The average molecular weight is 389 g/mol. The number of hydrogen-bond acceptors (Lipinski definition) is 3. The van der Waals surface area contributed by atoms with E-state index in [4.69, 9.17) is 11.6 Å². The second-order valence-electron chi connectivity index (χ2n) is 6.37. The van der Waals surface area contributed by atoms with E-state index in [0.717, 1.165) is 0 Å². The van der Waals surface area contributed by atoms with Crippen molar-refractivity contribution in [3.05, 3.63) is 53.3 Å². The highest BCUT2D eigenvalue weighted by atomic mass is 35.5.